The predicted octanol–water partition coefficient (Wildman–Crippen LogP) is 1.12. The minimum absolute atomic E-state index is 0.0781. The maximum atomic E-state index is 11.6. The summed E-state index contributed by atoms with van der Waals surface area (Å²) in [7, 11) is 5.65. The number of likely N-dealkylation sites (N-methyl/N-ethyl adjacent to an activating group) is 1. The van der Waals surface area contributed by atoms with Gasteiger partial charge in [-0.3, -0.25) is 4.79 Å². The quantitative estimate of drug-likeness (QED) is 0.679. The molecule has 0 fully saturated rings. The Hall–Kier alpha value is -0.610. The molecule has 1 N–H and O–H groups in total. The third-order valence-corrected chi connectivity index (χ3v) is 2.24. The van der Waals surface area contributed by atoms with Crippen molar-refractivity contribution >= 4 is 5.91 Å². The highest BCUT2D eigenvalue weighted by molar-refractivity contribution is 5.76. The number of carbonyl (C=O) groups excluding carboxylic acids is 1. The number of amides is 1. The molecule has 0 aliphatic carbocycles. The first-order valence-corrected chi connectivity index (χ1v) is 5.88. The lowest BCUT2D eigenvalue weighted by Gasteiger charge is -2.23. The monoisotopic (exact) mass is 230 g/mol. The first kappa shape index (κ1) is 15.4. The number of hydrogen-bond acceptors (Lipinski definition) is 3. The van der Waals surface area contributed by atoms with Crippen LogP contribution in [0.5, 0.6) is 0 Å². The molecule has 0 radical (unpaired) electrons. The second kappa shape index (κ2) is 8.53. The number of methoxy groups -OCH3 is 1. The lowest BCUT2D eigenvalue weighted by molar-refractivity contribution is -0.122. The topological polar surface area (TPSA) is 41.6 Å². The number of nitrogens with one attached hydrogen (secondary N) is 1. The number of hydrogen-bond donors (Lipinski definition) is 1. The van der Waals surface area contributed by atoms with Crippen LogP contribution in [0.25, 0.3) is 0 Å². The first-order valence-electron chi connectivity index (χ1n) is 5.88. The van der Waals surface area contributed by atoms with E-state index in [1.54, 1.807) is 7.11 Å². The fourth-order valence-electron chi connectivity index (χ4n) is 1.68. The Balaban J connectivity index is 4.03. The Morgan fingerprint density at radius 1 is 1.38 bits per heavy atom. The van der Waals surface area contributed by atoms with E-state index in [2.05, 4.69) is 24.1 Å². The number of ether oxygens (including phenoxy) is 1. The smallest absolute Gasteiger partial charge is 0.222 e. The summed E-state index contributed by atoms with van der Waals surface area (Å²) in [5.41, 5.74) is 0. The van der Waals surface area contributed by atoms with E-state index in [-0.39, 0.29) is 11.9 Å². The molecule has 0 spiro atoms. The summed E-state index contributed by atoms with van der Waals surface area (Å²) in [5, 5.41) is 3.05. The van der Waals surface area contributed by atoms with Gasteiger partial charge in [0, 0.05) is 26.1 Å². The van der Waals surface area contributed by atoms with Crippen LogP contribution < -0.4 is 5.32 Å². The van der Waals surface area contributed by atoms with E-state index in [1.807, 2.05) is 14.1 Å². The number of nitrogens with zero attached hydrogens (tertiary/aromatic N) is 1. The second-order valence-corrected chi connectivity index (χ2v) is 4.90. The molecular weight excluding hydrogens is 204 g/mol. The zero-order chi connectivity index (χ0) is 12.6. The average molecular weight is 230 g/mol. The molecule has 0 aromatic rings. The van der Waals surface area contributed by atoms with Crippen molar-refractivity contribution in [3.63, 3.8) is 0 Å². The van der Waals surface area contributed by atoms with Crippen LogP contribution in [0.2, 0.25) is 0 Å². The van der Waals surface area contributed by atoms with E-state index in [0.29, 0.717) is 18.9 Å². The molecule has 0 aromatic carbocycles. The highest BCUT2D eigenvalue weighted by atomic mass is 16.5. The molecule has 0 aliphatic rings. The van der Waals surface area contributed by atoms with Gasteiger partial charge >= 0.3 is 0 Å². The van der Waals surface area contributed by atoms with Crippen molar-refractivity contribution in [2.24, 2.45) is 5.92 Å². The summed E-state index contributed by atoms with van der Waals surface area (Å²) in [5.74, 6) is 0.669. The van der Waals surface area contributed by atoms with Crippen LogP contribution in [0.4, 0.5) is 0 Å². The second-order valence-electron chi connectivity index (χ2n) is 4.90. The number of rotatable bonds is 8. The summed E-state index contributed by atoms with van der Waals surface area (Å²) in [4.78, 5) is 13.7. The van der Waals surface area contributed by atoms with Crippen molar-refractivity contribution in [1.82, 2.24) is 10.2 Å². The van der Waals surface area contributed by atoms with Crippen molar-refractivity contribution in [3.05, 3.63) is 0 Å². The molecule has 0 rings (SSSR count). The molecule has 0 saturated carbocycles. The van der Waals surface area contributed by atoms with E-state index in [9.17, 15) is 4.79 Å². The minimum Gasteiger partial charge on any atom is -0.384 e. The van der Waals surface area contributed by atoms with Gasteiger partial charge in [-0.2, -0.15) is 0 Å². The van der Waals surface area contributed by atoms with Gasteiger partial charge in [-0.1, -0.05) is 13.8 Å². The molecule has 1 atom stereocenters. The van der Waals surface area contributed by atoms with Crippen molar-refractivity contribution in [1.29, 1.82) is 0 Å². The van der Waals surface area contributed by atoms with Crippen LogP contribution in [-0.4, -0.2) is 51.2 Å². The van der Waals surface area contributed by atoms with Gasteiger partial charge in [0.1, 0.15) is 0 Å². The SMILES string of the molecule is COCCC(=O)NC(CC(C)C)CN(C)C. The van der Waals surface area contributed by atoms with Gasteiger partial charge in [0.2, 0.25) is 5.91 Å². The maximum absolute atomic E-state index is 11.6. The third-order valence-electron chi connectivity index (χ3n) is 2.24. The van der Waals surface area contributed by atoms with Gasteiger partial charge in [0.25, 0.3) is 0 Å². The lowest BCUT2D eigenvalue weighted by atomic mass is 10.0. The molecular formula is C12H26N2O2. The molecule has 96 valence electrons. The van der Waals surface area contributed by atoms with E-state index >= 15 is 0 Å². The van der Waals surface area contributed by atoms with Gasteiger partial charge in [-0.05, 0) is 26.4 Å². The molecule has 0 aliphatic heterocycles. The summed E-state index contributed by atoms with van der Waals surface area (Å²) in [6, 6.07) is 0.236. The molecule has 0 bridgehead atoms. The molecule has 0 saturated heterocycles. The van der Waals surface area contributed by atoms with Crippen LogP contribution in [0.1, 0.15) is 26.7 Å². The normalized spacial score (nSPS) is 13.2. The molecule has 1 unspecified atom stereocenters. The van der Waals surface area contributed by atoms with Crippen LogP contribution in [-0.2, 0) is 9.53 Å². The van der Waals surface area contributed by atoms with Crippen molar-refractivity contribution in [2.75, 3.05) is 34.4 Å². The molecule has 4 heteroatoms. The summed E-state index contributed by atoms with van der Waals surface area (Å²) in [6.07, 6.45) is 1.45. The van der Waals surface area contributed by atoms with Crippen molar-refractivity contribution < 1.29 is 9.53 Å². The Labute approximate surface area is 99.3 Å². The van der Waals surface area contributed by atoms with E-state index in [1.165, 1.54) is 0 Å². The Bertz CT molecular complexity index is 183. The number of carbonyl (C=O) groups is 1. The standard InChI is InChI=1S/C12H26N2O2/c1-10(2)8-11(9-14(3)4)13-12(15)6-7-16-5/h10-11H,6-9H2,1-5H3,(H,13,15). The fraction of sp³-hybridized carbons (Fsp3) is 0.917. The van der Waals surface area contributed by atoms with Crippen LogP contribution in [0.3, 0.4) is 0 Å². The highest BCUT2D eigenvalue weighted by Crippen LogP contribution is 2.05. The highest BCUT2D eigenvalue weighted by Gasteiger charge is 2.14. The van der Waals surface area contributed by atoms with E-state index < -0.39 is 0 Å². The van der Waals surface area contributed by atoms with Gasteiger partial charge < -0.3 is 15.0 Å². The van der Waals surface area contributed by atoms with Gasteiger partial charge in [0.15, 0.2) is 0 Å². The van der Waals surface area contributed by atoms with Crippen LogP contribution >= 0.6 is 0 Å². The molecule has 16 heavy (non-hydrogen) atoms. The predicted molar refractivity (Wildman–Crippen MR) is 66.4 cm³/mol. The lowest BCUT2D eigenvalue weighted by Crippen LogP contribution is -2.42. The van der Waals surface area contributed by atoms with Crippen LogP contribution in [0.15, 0.2) is 0 Å². The average Bonchev–Trinajstić information content (AvgIpc) is 2.12. The van der Waals surface area contributed by atoms with E-state index in [4.69, 9.17) is 4.74 Å². The van der Waals surface area contributed by atoms with Gasteiger partial charge in [0.05, 0.1) is 6.61 Å². The molecule has 0 heterocycles. The minimum atomic E-state index is 0.0781. The summed E-state index contributed by atoms with van der Waals surface area (Å²) < 4.78 is 4.88. The summed E-state index contributed by atoms with van der Waals surface area (Å²) in [6.45, 7) is 5.72. The summed E-state index contributed by atoms with van der Waals surface area (Å²) >= 11 is 0. The van der Waals surface area contributed by atoms with Gasteiger partial charge in [-0.25, -0.2) is 0 Å². The Morgan fingerprint density at radius 3 is 2.44 bits per heavy atom. The fourth-order valence-corrected chi connectivity index (χ4v) is 1.68. The Kier molecular flexibility index (Phi) is 8.21. The zero-order valence-electron chi connectivity index (χ0n) is 11.2. The first-order chi connectivity index (χ1) is 7.45. The molecule has 4 nitrogen and oxygen atoms in total. The van der Waals surface area contributed by atoms with E-state index in [0.717, 1.165) is 13.0 Å². The van der Waals surface area contributed by atoms with Gasteiger partial charge in [-0.15, -0.1) is 0 Å². The van der Waals surface area contributed by atoms with Crippen LogP contribution in [0, 0.1) is 5.92 Å². The van der Waals surface area contributed by atoms with Crippen molar-refractivity contribution in [3.8, 4) is 0 Å². The maximum Gasteiger partial charge on any atom is 0.222 e. The molecule has 0 aromatic heterocycles. The zero-order valence-corrected chi connectivity index (χ0v) is 11.2. The molecule has 1 amide bonds. The Morgan fingerprint density at radius 2 is 2.00 bits per heavy atom. The largest absolute Gasteiger partial charge is 0.384 e. The third kappa shape index (κ3) is 8.68. The van der Waals surface area contributed by atoms with Crippen molar-refractivity contribution in [2.45, 2.75) is 32.7 Å².